The lowest BCUT2D eigenvalue weighted by atomic mass is 9.98. The van der Waals surface area contributed by atoms with Crippen molar-refractivity contribution in [3.05, 3.63) is 144 Å². The number of thioether (sulfide) groups is 1. The Morgan fingerprint density at radius 2 is 0.887 bits per heavy atom. The van der Waals surface area contributed by atoms with E-state index in [1.807, 2.05) is 97.1 Å². The van der Waals surface area contributed by atoms with E-state index in [0.29, 0.717) is 26.4 Å². The SMILES string of the molecule is CO[C@H]1O[C@@H]2CO[C@@H](c3ccccc3)O[C@H]2[C@H](OCc2ccccc2)[C@@H]1S[C@@H]1[C@@H](OC)O[C@@H]2CO[C@@H](c3ccccc3)O[C@H]2[C@@H]1OCc1ccccc1. The first-order chi connectivity index (χ1) is 26.2. The zero-order valence-electron chi connectivity index (χ0n) is 29.8. The molecule has 0 unspecified atom stereocenters. The first-order valence-electron chi connectivity index (χ1n) is 18.2. The van der Waals surface area contributed by atoms with Crippen molar-refractivity contribution >= 4 is 11.8 Å². The van der Waals surface area contributed by atoms with Gasteiger partial charge in [0.25, 0.3) is 0 Å². The lowest BCUT2D eigenvalue weighted by molar-refractivity contribution is -0.340. The molecule has 8 rings (SSSR count). The molecule has 4 saturated heterocycles. The molecular formula is C42H46O10S. The Kier molecular flexibility index (Phi) is 12.2. The van der Waals surface area contributed by atoms with Crippen LogP contribution >= 0.6 is 11.8 Å². The third-order valence-electron chi connectivity index (χ3n) is 10.1. The average molecular weight is 743 g/mol. The molecule has 4 aliphatic heterocycles. The average Bonchev–Trinajstić information content (AvgIpc) is 3.23. The molecule has 53 heavy (non-hydrogen) atoms. The first kappa shape index (κ1) is 36.8. The van der Waals surface area contributed by atoms with Gasteiger partial charge >= 0.3 is 0 Å². The Bertz CT molecular complexity index is 1560. The molecule has 0 bridgehead atoms. The van der Waals surface area contributed by atoms with Crippen LogP contribution in [0.5, 0.6) is 0 Å². The highest BCUT2D eigenvalue weighted by atomic mass is 32.2. The topological polar surface area (TPSA) is 92.3 Å². The van der Waals surface area contributed by atoms with Gasteiger partial charge in [-0.15, -0.1) is 11.8 Å². The summed E-state index contributed by atoms with van der Waals surface area (Å²) in [6.45, 7) is 1.38. The minimum atomic E-state index is -0.667. The number of ether oxygens (including phenoxy) is 10. The van der Waals surface area contributed by atoms with E-state index in [1.54, 1.807) is 26.0 Å². The number of methoxy groups -OCH3 is 2. The van der Waals surface area contributed by atoms with Crippen molar-refractivity contribution in [3.8, 4) is 0 Å². The lowest BCUT2D eigenvalue weighted by Crippen LogP contribution is -2.65. The van der Waals surface area contributed by atoms with E-state index in [-0.39, 0.29) is 0 Å². The van der Waals surface area contributed by atoms with Crippen molar-refractivity contribution in [1.29, 1.82) is 0 Å². The summed E-state index contributed by atoms with van der Waals surface area (Å²) in [5, 5.41) is -0.787. The normalized spacial score (nSPS) is 34.2. The fourth-order valence-corrected chi connectivity index (χ4v) is 9.16. The summed E-state index contributed by atoms with van der Waals surface area (Å²) in [4.78, 5) is 0. The van der Waals surface area contributed by atoms with Crippen molar-refractivity contribution in [2.45, 2.75) is 85.5 Å². The Labute approximate surface area is 314 Å². The lowest BCUT2D eigenvalue weighted by Gasteiger charge is -2.52. The highest BCUT2D eigenvalue weighted by molar-refractivity contribution is 8.00. The molecule has 0 aliphatic carbocycles. The molecule has 0 saturated carbocycles. The molecular weight excluding hydrogens is 697 g/mol. The van der Waals surface area contributed by atoms with E-state index >= 15 is 0 Å². The quantitative estimate of drug-likeness (QED) is 0.157. The summed E-state index contributed by atoms with van der Waals surface area (Å²) in [5.74, 6) is 0. The van der Waals surface area contributed by atoms with Crippen molar-refractivity contribution in [2.24, 2.45) is 0 Å². The first-order valence-corrected chi connectivity index (χ1v) is 19.1. The third kappa shape index (κ3) is 8.41. The molecule has 280 valence electrons. The van der Waals surface area contributed by atoms with Gasteiger partial charge in [-0.1, -0.05) is 121 Å². The zero-order valence-corrected chi connectivity index (χ0v) is 30.6. The summed E-state index contributed by atoms with van der Waals surface area (Å²) in [7, 11) is 3.31. The maximum atomic E-state index is 6.89. The van der Waals surface area contributed by atoms with Gasteiger partial charge in [-0.3, -0.25) is 0 Å². The van der Waals surface area contributed by atoms with Crippen LogP contribution in [-0.4, -0.2) is 87.1 Å². The van der Waals surface area contributed by atoms with E-state index in [9.17, 15) is 0 Å². The van der Waals surface area contributed by atoms with Gasteiger partial charge in [-0.25, -0.2) is 0 Å². The summed E-state index contributed by atoms with van der Waals surface area (Å²) < 4.78 is 65.1. The van der Waals surface area contributed by atoms with Gasteiger partial charge in [0.15, 0.2) is 25.2 Å². The van der Waals surface area contributed by atoms with Crippen molar-refractivity contribution in [1.82, 2.24) is 0 Å². The van der Waals surface area contributed by atoms with E-state index < -0.39 is 72.3 Å². The fraction of sp³-hybridized carbons (Fsp3) is 0.429. The van der Waals surface area contributed by atoms with Gasteiger partial charge in [0.05, 0.1) is 36.9 Å². The summed E-state index contributed by atoms with van der Waals surface area (Å²) in [6.07, 6.45) is -5.21. The number of rotatable bonds is 12. The van der Waals surface area contributed by atoms with Gasteiger partial charge < -0.3 is 47.4 Å². The number of hydrogen-bond donors (Lipinski definition) is 0. The van der Waals surface area contributed by atoms with Gasteiger partial charge in [-0.05, 0) is 11.1 Å². The van der Waals surface area contributed by atoms with Crippen LogP contribution < -0.4 is 0 Å². The predicted molar refractivity (Wildman–Crippen MR) is 197 cm³/mol. The molecule has 12 atom stereocenters. The molecule has 11 heteroatoms. The highest BCUT2D eigenvalue weighted by Gasteiger charge is 2.56. The van der Waals surface area contributed by atoms with Crippen molar-refractivity contribution in [3.63, 3.8) is 0 Å². The minimum Gasteiger partial charge on any atom is -0.369 e. The molecule has 4 aliphatic rings. The van der Waals surface area contributed by atoms with Gasteiger partial charge in [0.1, 0.15) is 36.6 Å². The van der Waals surface area contributed by atoms with E-state index in [4.69, 9.17) is 47.4 Å². The summed E-state index contributed by atoms with van der Waals surface area (Å²) >= 11 is 1.61. The van der Waals surface area contributed by atoms with Crippen LogP contribution in [0.15, 0.2) is 121 Å². The summed E-state index contributed by atoms with van der Waals surface area (Å²) in [6, 6.07) is 40.1. The van der Waals surface area contributed by atoms with Crippen LogP contribution in [0, 0.1) is 0 Å². The molecule has 4 aromatic carbocycles. The van der Waals surface area contributed by atoms with Crippen LogP contribution in [0.25, 0.3) is 0 Å². The van der Waals surface area contributed by atoms with Crippen LogP contribution in [0.3, 0.4) is 0 Å². The molecule has 4 fully saturated rings. The number of benzene rings is 4. The third-order valence-corrected chi connectivity index (χ3v) is 11.7. The van der Waals surface area contributed by atoms with E-state index in [2.05, 4.69) is 24.3 Å². The molecule has 4 heterocycles. The second-order valence-electron chi connectivity index (χ2n) is 13.5. The summed E-state index contributed by atoms with van der Waals surface area (Å²) in [5.41, 5.74) is 3.95. The molecule has 0 radical (unpaired) electrons. The molecule has 0 spiro atoms. The van der Waals surface area contributed by atoms with E-state index in [0.717, 1.165) is 22.3 Å². The van der Waals surface area contributed by atoms with Crippen LogP contribution in [-0.2, 0) is 60.6 Å². The van der Waals surface area contributed by atoms with Crippen LogP contribution in [0.4, 0.5) is 0 Å². The Hall–Kier alpha value is -3.17. The maximum Gasteiger partial charge on any atom is 0.184 e. The molecule has 0 aromatic heterocycles. The fourth-order valence-electron chi connectivity index (χ4n) is 7.41. The van der Waals surface area contributed by atoms with Gasteiger partial charge in [0, 0.05) is 25.3 Å². The van der Waals surface area contributed by atoms with Crippen molar-refractivity contribution in [2.75, 3.05) is 27.4 Å². The second-order valence-corrected chi connectivity index (χ2v) is 14.9. The maximum absolute atomic E-state index is 6.89. The van der Waals surface area contributed by atoms with E-state index in [1.165, 1.54) is 0 Å². The Morgan fingerprint density at radius 3 is 1.26 bits per heavy atom. The van der Waals surface area contributed by atoms with Crippen LogP contribution in [0.1, 0.15) is 34.8 Å². The molecule has 4 aromatic rings. The zero-order chi connectivity index (χ0) is 36.0. The Balaban J connectivity index is 1.12. The van der Waals surface area contributed by atoms with Gasteiger partial charge in [-0.2, -0.15) is 0 Å². The van der Waals surface area contributed by atoms with Crippen LogP contribution in [0.2, 0.25) is 0 Å². The monoisotopic (exact) mass is 742 g/mol. The second kappa shape index (κ2) is 17.5. The molecule has 0 amide bonds. The largest absolute Gasteiger partial charge is 0.369 e. The Morgan fingerprint density at radius 1 is 0.509 bits per heavy atom. The number of hydrogen-bond acceptors (Lipinski definition) is 11. The van der Waals surface area contributed by atoms with Gasteiger partial charge in [0.2, 0.25) is 0 Å². The standard InChI is InChI=1S/C42H46O10S/c1-43-41-37(35(45-23-27-15-7-3-8-16-27)33-31(49-41)25-47-39(51-33)29-19-11-5-12-20-29)53-38-36(46-24-28-17-9-4-10-18-28)34-32(50-42(38)44-2)26-48-40(52-34)30-21-13-6-14-22-30/h3-22,31-42H,23-26H2,1-2H3/t31-,32-,33-,34-,35+,36+,37+,38+,39-,40-,41+,42+/m1/s1. The van der Waals surface area contributed by atoms with Crippen molar-refractivity contribution < 1.29 is 47.4 Å². The molecule has 10 nitrogen and oxygen atoms in total. The number of fused-ring (bicyclic) bond motifs is 2. The highest BCUT2D eigenvalue weighted by Crippen LogP contribution is 2.46. The predicted octanol–water partition coefficient (Wildman–Crippen LogP) is 6.60. The smallest absolute Gasteiger partial charge is 0.184 e. The molecule has 0 N–H and O–H groups in total. The minimum absolute atomic E-state index is 0.321.